The van der Waals surface area contributed by atoms with Crippen molar-refractivity contribution in [1.82, 2.24) is 5.32 Å². The van der Waals surface area contributed by atoms with Gasteiger partial charge >= 0.3 is 0 Å². The normalized spacial score (nSPS) is 15.0. The smallest absolute Gasteiger partial charge is 0.211 e. The highest BCUT2D eigenvalue weighted by atomic mass is 16.5. The number of methoxy groups -OCH3 is 2. The van der Waals surface area contributed by atoms with E-state index in [0.717, 1.165) is 0 Å². The summed E-state index contributed by atoms with van der Waals surface area (Å²) in [6.45, 7) is 2.28. The summed E-state index contributed by atoms with van der Waals surface area (Å²) in [5, 5.41) is 2.70. The fraction of sp³-hybridized carbons (Fsp3) is 0.875. The molecule has 13 heavy (non-hydrogen) atoms. The first-order valence-electron chi connectivity index (χ1n) is 4.16. The molecule has 0 aromatic heterocycles. The van der Waals surface area contributed by atoms with Crippen molar-refractivity contribution in [1.29, 1.82) is 0 Å². The number of hydrogen-bond acceptors (Lipinski definition) is 3. The first kappa shape index (κ1) is 12.5. The molecule has 2 radical (unpaired) electrons. The van der Waals surface area contributed by atoms with Gasteiger partial charge in [0.25, 0.3) is 0 Å². The van der Waals surface area contributed by atoms with Gasteiger partial charge in [-0.3, -0.25) is 4.79 Å². The standard InChI is InChI=1S/C8H16BNO3/c1-6(13-3)7(5-12-2)10-8(11)4-9/h6-7H,4-5H2,1-3H3,(H,10,11)/t6-,7-/m0/s1. The van der Waals surface area contributed by atoms with Crippen LogP contribution in [0.25, 0.3) is 0 Å². The molecule has 0 heterocycles. The van der Waals surface area contributed by atoms with Crippen LogP contribution in [0.1, 0.15) is 6.92 Å². The van der Waals surface area contributed by atoms with Gasteiger partial charge in [0.1, 0.15) is 0 Å². The molecule has 0 saturated heterocycles. The third-order valence-corrected chi connectivity index (χ3v) is 1.82. The summed E-state index contributed by atoms with van der Waals surface area (Å²) in [6.07, 6.45) is -0.105. The third-order valence-electron chi connectivity index (χ3n) is 1.82. The SMILES string of the molecule is [B]CC(=O)N[C@@H](COC)[C@H](C)OC. The van der Waals surface area contributed by atoms with Crippen LogP contribution in [0.15, 0.2) is 0 Å². The van der Waals surface area contributed by atoms with Crippen molar-refractivity contribution in [2.24, 2.45) is 0 Å². The number of ether oxygens (including phenoxy) is 2. The summed E-state index contributed by atoms with van der Waals surface area (Å²) in [6, 6.07) is -0.147. The van der Waals surface area contributed by atoms with Gasteiger partial charge in [0.15, 0.2) is 0 Å². The molecule has 4 nitrogen and oxygen atoms in total. The minimum atomic E-state index is -0.203. The van der Waals surface area contributed by atoms with Gasteiger partial charge in [-0.15, -0.1) is 0 Å². The van der Waals surface area contributed by atoms with Crippen molar-refractivity contribution in [3.63, 3.8) is 0 Å². The van der Waals surface area contributed by atoms with Gasteiger partial charge in [-0.25, -0.2) is 0 Å². The molecule has 0 aromatic carbocycles. The van der Waals surface area contributed by atoms with Gasteiger partial charge in [-0.1, -0.05) is 0 Å². The van der Waals surface area contributed by atoms with Crippen molar-refractivity contribution in [3.8, 4) is 0 Å². The van der Waals surface area contributed by atoms with Crippen molar-refractivity contribution in [3.05, 3.63) is 0 Å². The lowest BCUT2D eigenvalue weighted by atomic mass is 10.0. The Balaban J connectivity index is 4.00. The van der Waals surface area contributed by atoms with Gasteiger partial charge in [-0.2, -0.15) is 0 Å². The van der Waals surface area contributed by atoms with Crippen LogP contribution in [0.2, 0.25) is 6.32 Å². The van der Waals surface area contributed by atoms with E-state index in [1.807, 2.05) is 6.92 Å². The maximum atomic E-state index is 11.0. The highest BCUT2D eigenvalue weighted by Crippen LogP contribution is 1.98. The summed E-state index contributed by atoms with van der Waals surface area (Å²) >= 11 is 0. The van der Waals surface area contributed by atoms with E-state index in [1.54, 1.807) is 14.2 Å². The Kier molecular flexibility index (Phi) is 6.63. The molecule has 1 amide bonds. The van der Waals surface area contributed by atoms with E-state index in [2.05, 4.69) is 5.32 Å². The predicted octanol–water partition coefficient (Wildman–Crippen LogP) is -0.261. The maximum absolute atomic E-state index is 11.0. The molecule has 0 saturated carbocycles. The lowest BCUT2D eigenvalue weighted by Gasteiger charge is -2.23. The lowest BCUT2D eigenvalue weighted by molar-refractivity contribution is -0.121. The number of rotatable bonds is 6. The topological polar surface area (TPSA) is 47.6 Å². The summed E-state index contributed by atoms with van der Waals surface area (Å²) in [7, 11) is 8.32. The summed E-state index contributed by atoms with van der Waals surface area (Å²) in [5.74, 6) is -0.203. The van der Waals surface area contributed by atoms with E-state index in [1.165, 1.54) is 0 Å². The van der Waals surface area contributed by atoms with Crippen LogP contribution >= 0.6 is 0 Å². The monoisotopic (exact) mass is 185 g/mol. The second-order valence-electron chi connectivity index (χ2n) is 2.77. The van der Waals surface area contributed by atoms with Crippen LogP contribution in [0, 0.1) is 0 Å². The molecule has 2 atom stereocenters. The van der Waals surface area contributed by atoms with Crippen LogP contribution in [0.5, 0.6) is 0 Å². The van der Waals surface area contributed by atoms with Crippen molar-refractivity contribution < 1.29 is 14.3 Å². The Morgan fingerprint density at radius 3 is 2.54 bits per heavy atom. The average Bonchev–Trinajstić information content (AvgIpc) is 2.15. The molecule has 0 fully saturated rings. The van der Waals surface area contributed by atoms with Crippen LogP contribution in [0.4, 0.5) is 0 Å². The molecule has 0 aliphatic carbocycles. The van der Waals surface area contributed by atoms with E-state index in [4.69, 9.17) is 17.3 Å². The molecule has 0 bridgehead atoms. The number of hydrogen-bond donors (Lipinski definition) is 1. The molecule has 0 unspecified atom stereocenters. The van der Waals surface area contributed by atoms with Gasteiger partial charge < -0.3 is 14.8 Å². The molecular formula is C8H16BNO3. The summed E-state index contributed by atoms with van der Waals surface area (Å²) in [4.78, 5) is 11.0. The van der Waals surface area contributed by atoms with Gasteiger partial charge in [0, 0.05) is 14.2 Å². The Morgan fingerprint density at radius 2 is 2.15 bits per heavy atom. The lowest BCUT2D eigenvalue weighted by Crippen LogP contribution is -2.45. The predicted molar refractivity (Wildman–Crippen MR) is 50.8 cm³/mol. The van der Waals surface area contributed by atoms with Crippen LogP contribution in [0.3, 0.4) is 0 Å². The zero-order chi connectivity index (χ0) is 10.3. The minimum absolute atomic E-state index is 0.0172. The van der Waals surface area contributed by atoms with Crippen molar-refractivity contribution in [2.75, 3.05) is 20.8 Å². The van der Waals surface area contributed by atoms with E-state index >= 15 is 0 Å². The molecule has 74 valence electrons. The van der Waals surface area contributed by atoms with E-state index in [9.17, 15) is 4.79 Å². The highest BCUT2D eigenvalue weighted by Gasteiger charge is 2.17. The van der Waals surface area contributed by atoms with E-state index < -0.39 is 0 Å². The number of nitrogens with one attached hydrogen (secondary N) is 1. The van der Waals surface area contributed by atoms with Gasteiger partial charge in [0.05, 0.1) is 26.6 Å². The van der Waals surface area contributed by atoms with Crippen LogP contribution < -0.4 is 5.32 Å². The fourth-order valence-corrected chi connectivity index (χ4v) is 0.904. The molecule has 0 aromatic rings. The number of carbonyl (C=O) groups is 1. The second-order valence-corrected chi connectivity index (χ2v) is 2.77. The quantitative estimate of drug-likeness (QED) is 0.580. The largest absolute Gasteiger partial charge is 0.382 e. The molecule has 0 rings (SSSR count). The Morgan fingerprint density at radius 1 is 1.54 bits per heavy atom. The van der Waals surface area contributed by atoms with Crippen molar-refractivity contribution >= 4 is 13.8 Å². The molecule has 1 N–H and O–H groups in total. The molecule has 0 aliphatic rings. The molecule has 0 aliphatic heterocycles. The fourth-order valence-electron chi connectivity index (χ4n) is 0.904. The van der Waals surface area contributed by atoms with Crippen LogP contribution in [-0.4, -0.2) is 46.7 Å². The van der Waals surface area contributed by atoms with Crippen molar-refractivity contribution in [2.45, 2.75) is 25.4 Å². The van der Waals surface area contributed by atoms with E-state index in [0.29, 0.717) is 6.61 Å². The van der Waals surface area contributed by atoms with E-state index in [-0.39, 0.29) is 24.4 Å². The number of carbonyl (C=O) groups excluding carboxylic acids is 1. The molecule has 5 heteroatoms. The number of amides is 1. The average molecular weight is 185 g/mol. The summed E-state index contributed by atoms with van der Waals surface area (Å²) < 4.78 is 10.0. The third kappa shape index (κ3) is 4.90. The minimum Gasteiger partial charge on any atom is -0.382 e. The zero-order valence-corrected chi connectivity index (χ0v) is 8.37. The second kappa shape index (κ2) is 6.92. The molecule has 0 spiro atoms. The summed E-state index contributed by atoms with van der Waals surface area (Å²) in [5.41, 5.74) is 0. The highest BCUT2D eigenvalue weighted by molar-refractivity contribution is 6.19. The zero-order valence-electron chi connectivity index (χ0n) is 8.37. The Hall–Kier alpha value is -0.545. The Labute approximate surface area is 80.4 Å². The van der Waals surface area contributed by atoms with Gasteiger partial charge in [-0.05, 0) is 13.2 Å². The first-order valence-corrected chi connectivity index (χ1v) is 4.16. The Bertz CT molecular complexity index is 154. The van der Waals surface area contributed by atoms with Gasteiger partial charge in [0.2, 0.25) is 5.91 Å². The van der Waals surface area contributed by atoms with Crippen LogP contribution in [-0.2, 0) is 14.3 Å². The molecular weight excluding hydrogens is 169 g/mol. The first-order chi connectivity index (χ1) is 6.15. The maximum Gasteiger partial charge on any atom is 0.211 e.